The summed E-state index contributed by atoms with van der Waals surface area (Å²) in [6.07, 6.45) is 5.80. The van der Waals surface area contributed by atoms with E-state index >= 15 is 0 Å². The molecule has 2 aromatic rings. The van der Waals surface area contributed by atoms with E-state index in [-0.39, 0.29) is 5.75 Å². The predicted octanol–water partition coefficient (Wildman–Crippen LogP) is 0.725. The normalized spacial score (nSPS) is 16.3. The molecule has 0 aliphatic carbocycles. The molecule has 0 bridgehead atoms. The summed E-state index contributed by atoms with van der Waals surface area (Å²) in [6.45, 7) is 5.47. The van der Waals surface area contributed by atoms with Crippen molar-refractivity contribution in [1.82, 2.24) is 24.7 Å². The maximum Gasteiger partial charge on any atom is 0.220 e. The number of hydrogen-bond acceptors (Lipinski definition) is 6. The number of aliphatic imine (C=N–C) groups is 1. The van der Waals surface area contributed by atoms with Gasteiger partial charge in [-0.15, -0.1) is 0 Å². The number of pyridine rings is 1. The zero-order valence-corrected chi connectivity index (χ0v) is 16.8. The van der Waals surface area contributed by atoms with Crippen LogP contribution in [0.25, 0.3) is 0 Å². The SMILES string of the molecule is CCNC(=NCCc1cccnc1)N1CCN(S(=O)(=O)Cc2ccon2)CC1. The Balaban J connectivity index is 1.55. The van der Waals surface area contributed by atoms with E-state index in [1.807, 2.05) is 25.3 Å². The topological polar surface area (TPSA) is 104 Å². The number of rotatable bonds is 7. The van der Waals surface area contributed by atoms with Crippen molar-refractivity contribution < 1.29 is 12.9 Å². The van der Waals surface area contributed by atoms with Crippen LogP contribution in [0, 0.1) is 0 Å². The van der Waals surface area contributed by atoms with Crippen molar-refractivity contribution in [1.29, 1.82) is 0 Å². The first-order valence-electron chi connectivity index (χ1n) is 9.38. The van der Waals surface area contributed by atoms with E-state index in [9.17, 15) is 8.42 Å². The first-order valence-corrected chi connectivity index (χ1v) is 11.0. The highest BCUT2D eigenvalue weighted by atomic mass is 32.2. The van der Waals surface area contributed by atoms with E-state index in [0.29, 0.717) is 38.4 Å². The average molecular weight is 407 g/mol. The molecule has 152 valence electrons. The van der Waals surface area contributed by atoms with Crippen LogP contribution in [0.4, 0.5) is 0 Å². The maximum atomic E-state index is 12.6. The Morgan fingerprint density at radius 2 is 2.11 bits per heavy atom. The summed E-state index contributed by atoms with van der Waals surface area (Å²) in [5.41, 5.74) is 1.57. The second-order valence-electron chi connectivity index (χ2n) is 6.48. The molecule has 1 fully saturated rings. The number of aromatic nitrogens is 2. The Morgan fingerprint density at radius 3 is 2.75 bits per heavy atom. The van der Waals surface area contributed by atoms with E-state index in [0.717, 1.165) is 24.5 Å². The van der Waals surface area contributed by atoms with Crippen molar-refractivity contribution in [3.05, 3.63) is 48.1 Å². The quantitative estimate of drug-likeness (QED) is 0.534. The Hall–Kier alpha value is -2.46. The van der Waals surface area contributed by atoms with Gasteiger partial charge in [0.1, 0.15) is 12.0 Å². The second kappa shape index (κ2) is 9.65. The van der Waals surface area contributed by atoms with Crippen molar-refractivity contribution in [2.24, 2.45) is 4.99 Å². The number of nitrogens with one attached hydrogen (secondary N) is 1. The standard InChI is InChI=1S/C18H26N6O3S/c1-2-20-18(21-8-5-16-4-3-7-19-14-16)23-9-11-24(12-10-23)28(25,26)15-17-6-13-27-22-17/h3-4,6-7,13-14H,2,5,8-12,15H2,1H3,(H,20,21). The van der Waals surface area contributed by atoms with Gasteiger partial charge in [-0.3, -0.25) is 9.98 Å². The first kappa shape index (κ1) is 20.3. The van der Waals surface area contributed by atoms with Crippen LogP contribution in [0.2, 0.25) is 0 Å². The molecule has 0 amide bonds. The largest absolute Gasteiger partial charge is 0.364 e. The van der Waals surface area contributed by atoms with E-state index in [1.165, 1.54) is 10.6 Å². The van der Waals surface area contributed by atoms with Crippen molar-refractivity contribution in [3.63, 3.8) is 0 Å². The van der Waals surface area contributed by atoms with Gasteiger partial charge in [-0.1, -0.05) is 11.2 Å². The Bertz CT molecular complexity index is 847. The summed E-state index contributed by atoms with van der Waals surface area (Å²) >= 11 is 0. The number of nitrogens with zero attached hydrogens (tertiary/aromatic N) is 5. The van der Waals surface area contributed by atoms with Crippen molar-refractivity contribution in [3.8, 4) is 0 Å². The third-order valence-corrected chi connectivity index (χ3v) is 6.29. The molecule has 2 aromatic heterocycles. The van der Waals surface area contributed by atoms with Gasteiger partial charge in [0, 0.05) is 57.7 Å². The summed E-state index contributed by atoms with van der Waals surface area (Å²) in [6, 6.07) is 5.53. The van der Waals surface area contributed by atoms with Gasteiger partial charge in [0.2, 0.25) is 10.0 Å². The van der Waals surface area contributed by atoms with Crippen LogP contribution >= 0.6 is 0 Å². The van der Waals surface area contributed by atoms with Gasteiger partial charge < -0.3 is 14.7 Å². The summed E-state index contributed by atoms with van der Waals surface area (Å²) in [5, 5.41) is 7.00. The molecule has 1 aliphatic heterocycles. The lowest BCUT2D eigenvalue weighted by atomic mass is 10.2. The van der Waals surface area contributed by atoms with Crippen LogP contribution in [-0.4, -0.2) is 73.0 Å². The molecule has 1 saturated heterocycles. The molecule has 3 heterocycles. The molecule has 1 aliphatic rings. The van der Waals surface area contributed by atoms with Gasteiger partial charge in [0.05, 0.1) is 5.69 Å². The maximum absolute atomic E-state index is 12.6. The van der Waals surface area contributed by atoms with Crippen LogP contribution in [0.3, 0.4) is 0 Å². The zero-order chi connectivity index (χ0) is 19.8. The molecule has 1 N–H and O–H groups in total. The van der Waals surface area contributed by atoms with Gasteiger partial charge in [-0.05, 0) is 25.0 Å². The highest BCUT2D eigenvalue weighted by Crippen LogP contribution is 2.13. The molecule has 0 radical (unpaired) electrons. The van der Waals surface area contributed by atoms with Gasteiger partial charge in [0.25, 0.3) is 0 Å². The summed E-state index contributed by atoms with van der Waals surface area (Å²) in [4.78, 5) is 10.9. The lowest BCUT2D eigenvalue weighted by Gasteiger charge is -2.35. The van der Waals surface area contributed by atoms with Crippen LogP contribution in [0.5, 0.6) is 0 Å². The molecule has 28 heavy (non-hydrogen) atoms. The minimum atomic E-state index is -3.40. The molecular formula is C18H26N6O3S. The molecule has 0 unspecified atom stereocenters. The van der Waals surface area contributed by atoms with Gasteiger partial charge in [-0.25, -0.2) is 8.42 Å². The van der Waals surface area contributed by atoms with Gasteiger partial charge in [0.15, 0.2) is 5.96 Å². The number of sulfonamides is 1. The van der Waals surface area contributed by atoms with Gasteiger partial charge >= 0.3 is 0 Å². The van der Waals surface area contributed by atoms with Crippen molar-refractivity contribution >= 4 is 16.0 Å². The molecule has 9 nitrogen and oxygen atoms in total. The molecule has 0 saturated carbocycles. The van der Waals surface area contributed by atoms with E-state index < -0.39 is 10.0 Å². The predicted molar refractivity (Wildman–Crippen MR) is 106 cm³/mol. The fraction of sp³-hybridized carbons (Fsp3) is 0.500. The fourth-order valence-corrected chi connectivity index (χ4v) is 4.46. The lowest BCUT2D eigenvalue weighted by Crippen LogP contribution is -2.54. The highest BCUT2D eigenvalue weighted by molar-refractivity contribution is 7.88. The molecule has 0 spiro atoms. The van der Waals surface area contributed by atoms with Gasteiger partial charge in [-0.2, -0.15) is 4.31 Å². The van der Waals surface area contributed by atoms with Crippen molar-refractivity contribution in [2.75, 3.05) is 39.3 Å². The molecule has 3 rings (SSSR count). The monoisotopic (exact) mass is 406 g/mol. The third-order valence-electron chi connectivity index (χ3n) is 4.47. The van der Waals surface area contributed by atoms with E-state index in [1.54, 1.807) is 12.3 Å². The molecule has 10 heteroatoms. The average Bonchev–Trinajstić information content (AvgIpc) is 3.20. The highest BCUT2D eigenvalue weighted by Gasteiger charge is 2.28. The Labute approximate surface area is 165 Å². The zero-order valence-electron chi connectivity index (χ0n) is 16.0. The summed E-state index contributed by atoms with van der Waals surface area (Å²) < 4.78 is 31.4. The number of guanidine groups is 1. The van der Waals surface area contributed by atoms with Crippen molar-refractivity contribution in [2.45, 2.75) is 19.1 Å². The smallest absolute Gasteiger partial charge is 0.220 e. The molecule has 0 atom stereocenters. The second-order valence-corrected chi connectivity index (χ2v) is 8.45. The minimum absolute atomic E-state index is 0.136. The summed E-state index contributed by atoms with van der Waals surface area (Å²) in [7, 11) is -3.40. The molecular weight excluding hydrogens is 380 g/mol. The Kier molecular flexibility index (Phi) is 6.99. The Morgan fingerprint density at radius 1 is 1.29 bits per heavy atom. The third kappa shape index (κ3) is 5.52. The van der Waals surface area contributed by atoms with Crippen LogP contribution in [0.15, 0.2) is 46.4 Å². The fourth-order valence-electron chi connectivity index (χ4n) is 3.03. The number of hydrogen-bond donors (Lipinski definition) is 1. The molecule has 0 aromatic carbocycles. The first-order chi connectivity index (χ1) is 13.6. The van der Waals surface area contributed by atoms with E-state index in [4.69, 9.17) is 9.52 Å². The van der Waals surface area contributed by atoms with Crippen LogP contribution in [0.1, 0.15) is 18.2 Å². The van der Waals surface area contributed by atoms with E-state index in [2.05, 4.69) is 20.4 Å². The van der Waals surface area contributed by atoms with Crippen LogP contribution < -0.4 is 5.32 Å². The van der Waals surface area contributed by atoms with Crippen LogP contribution in [-0.2, 0) is 22.2 Å². The number of piperazine rings is 1. The minimum Gasteiger partial charge on any atom is -0.364 e. The lowest BCUT2D eigenvalue weighted by molar-refractivity contribution is 0.260. The summed E-state index contributed by atoms with van der Waals surface area (Å²) in [5.74, 6) is 0.683.